The monoisotopic (exact) mass is 436 g/mol. The number of Topliss-reactive ketones (excluding diaryl/α,β-unsaturated/α-hetero) is 1. The van der Waals surface area contributed by atoms with E-state index in [1.54, 1.807) is 0 Å². The number of methoxy groups -OCH3 is 2. The fraction of sp³-hybridized carbons (Fsp3) is 0.565. The molecule has 6 nitrogen and oxygen atoms in total. The van der Waals surface area contributed by atoms with Gasteiger partial charge in [0.25, 0.3) is 0 Å². The van der Waals surface area contributed by atoms with E-state index in [1.807, 2.05) is 0 Å². The van der Waals surface area contributed by atoms with Crippen molar-refractivity contribution in [2.75, 3.05) is 20.0 Å². The molecule has 30 heavy (non-hydrogen) atoms. The average Bonchev–Trinajstić information content (AvgIpc) is 2.73. The molecule has 0 unspecified atom stereocenters. The molecular weight excluding hydrogens is 404 g/mol. The molecule has 0 atom stereocenters. The first kappa shape index (κ1) is 24.1. The van der Waals surface area contributed by atoms with Crippen LogP contribution in [0.3, 0.4) is 0 Å². The number of carbonyl (C=O) groups excluding carboxylic acids is 2. The fourth-order valence-electron chi connectivity index (χ4n) is 3.70. The molecule has 7 heteroatoms. The highest BCUT2D eigenvalue weighted by atomic mass is 32.2. The van der Waals surface area contributed by atoms with E-state index in [0.29, 0.717) is 6.42 Å². The first-order chi connectivity index (χ1) is 14.4. The van der Waals surface area contributed by atoms with E-state index in [4.69, 9.17) is 9.47 Å². The zero-order chi connectivity index (χ0) is 22.1. The Labute approximate surface area is 179 Å². The van der Waals surface area contributed by atoms with Crippen molar-refractivity contribution < 1.29 is 27.5 Å². The topological polar surface area (TPSA) is 86.7 Å². The number of rotatable bonds is 13. The molecule has 1 aliphatic carbocycles. The van der Waals surface area contributed by atoms with Gasteiger partial charge in [0, 0.05) is 6.08 Å². The number of hydrogen-bond acceptors (Lipinski definition) is 6. The summed E-state index contributed by atoms with van der Waals surface area (Å²) in [6.07, 6.45) is 10.4. The first-order valence-corrected chi connectivity index (χ1v) is 12.3. The van der Waals surface area contributed by atoms with Gasteiger partial charge < -0.3 is 9.47 Å². The smallest absolute Gasteiger partial charge is 0.209 e. The molecule has 0 aromatic heterocycles. The van der Waals surface area contributed by atoms with Crippen molar-refractivity contribution in [2.45, 2.75) is 64.7 Å². The third-order valence-electron chi connectivity index (χ3n) is 5.38. The minimum atomic E-state index is -3.86. The van der Waals surface area contributed by atoms with E-state index >= 15 is 0 Å². The summed E-state index contributed by atoms with van der Waals surface area (Å²) in [4.78, 5) is 25.2. The highest BCUT2D eigenvalue weighted by Crippen LogP contribution is 2.37. The van der Waals surface area contributed by atoms with E-state index in [9.17, 15) is 18.0 Å². The van der Waals surface area contributed by atoms with Crippen molar-refractivity contribution in [1.82, 2.24) is 0 Å². The van der Waals surface area contributed by atoms with E-state index in [2.05, 4.69) is 6.92 Å². The molecule has 0 saturated carbocycles. The van der Waals surface area contributed by atoms with Gasteiger partial charge in [0.15, 0.2) is 15.6 Å². The molecule has 1 aromatic carbocycles. The van der Waals surface area contributed by atoms with Gasteiger partial charge in [0.1, 0.15) is 16.4 Å². The lowest BCUT2D eigenvalue weighted by atomic mass is 9.93. The van der Waals surface area contributed by atoms with Crippen molar-refractivity contribution in [1.29, 1.82) is 0 Å². The van der Waals surface area contributed by atoms with Crippen molar-refractivity contribution in [3.05, 3.63) is 34.2 Å². The van der Waals surface area contributed by atoms with E-state index in [-0.39, 0.29) is 28.4 Å². The maximum atomic E-state index is 13.0. The normalized spacial score (nSPS) is 13.8. The Morgan fingerprint density at radius 1 is 0.767 bits per heavy atom. The van der Waals surface area contributed by atoms with Crippen LogP contribution in [0.1, 0.15) is 85.4 Å². The SMILES string of the molecule is CCCCCCCCCCCS(=O)(=O)C1=CC(=O)c2c(OC)ccc(OC)c2C1=O. The van der Waals surface area contributed by atoms with Crippen molar-refractivity contribution in [3.8, 4) is 11.5 Å². The molecule has 166 valence electrons. The summed E-state index contributed by atoms with van der Waals surface area (Å²) in [6.45, 7) is 2.19. The third kappa shape index (κ3) is 5.72. The minimum Gasteiger partial charge on any atom is -0.496 e. The van der Waals surface area contributed by atoms with Crippen LogP contribution >= 0.6 is 0 Å². The fourth-order valence-corrected chi connectivity index (χ4v) is 5.17. The van der Waals surface area contributed by atoms with Gasteiger partial charge in [0.2, 0.25) is 5.78 Å². The van der Waals surface area contributed by atoms with Crippen LogP contribution in [0.15, 0.2) is 23.1 Å². The standard InChI is InChI=1S/C23H32O6S/c1-4-5-6-7-8-9-10-11-12-15-30(26,27)20-16-17(24)21-18(28-2)13-14-19(29-3)22(21)23(20)25/h13-14,16H,4-12,15H2,1-3H3. The Morgan fingerprint density at radius 2 is 1.27 bits per heavy atom. The van der Waals surface area contributed by atoms with Crippen LogP contribution in [0, 0.1) is 0 Å². The molecular formula is C23H32O6S. The Bertz CT molecular complexity index is 899. The maximum absolute atomic E-state index is 13.0. The number of allylic oxidation sites excluding steroid dienone is 2. The van der Waals surface area contributed by atoms with Crippen molar-refractivity contribution in [3.63, 3.8) is 0 Å². The summed E-state index contributed by atoms with van der Waals surface area (Å²) < 4.78 is 36.0. The van der Waals surface area contributed by atoms with Gasteiger partial charge in [0.05, 0.1) is 31.1 Å². The van der Waals surface area contributed by atoms with Gasteiger partial charge in [-0.2, -0.15) is 0 Å². The first-order valence-electron chi connectivity index (χ1n) is 10.7. The molecule has 0 saturated heterocycles. The quantitative estimate of drug-likeness (QED) is 0.408. The van der Waals surface area contributed by atoms with E-state index < -0.39 is 26.3 Å². The van der Waals surface area contributed by atoms with Gasteiger partial charge in [-0.05, 0) is 18.6 Å². The number of unbranched alkanes of at least 4 members (excludes halogenated alkanes) is 8. The van der Waals surface area contributed by atoms with Gasteiger partial charge in [-0.1, -0.05) is 58.3 Å². The summed E-state index contributed by atoms with van der Waals surface area (Å²) in [5.41, 5.74) is -0.00104. The second-order valence-electron chi connectivity index (χ2n) is 7.57. The third-order valence-corrected chi connectivity index (χ3v) is 7.18. The summed E-state index contributed by atoms with van der Waals surface area (Å²) >= 11 is 0. The number of ether oxygens (including phenoxy) is 2. The van der Waals surface area contributed by atoms with Gasteiger partial charge in [-0.3, -0.25) is 9.59 Å². The zero-order valence-electron chi connectivity index (χ0n) is 18.2. The van der Waals surface area contributed by atoms with Crippen LogP contribution in [-0.4, -0.2) is 40.0 Å². The lowest BCUT2D eigenvalue weighted by Crippen LogP contribution is -2.25. The highest BCUT2D eigenvalue weighted by Gasteiger charge is 2.37. The van der Waals surface area contributed by atoms with Crippen LogP contribution in [0.5, 0.6) is 11.5 Å². The molecule has 0 heterocycles. The Kier molecular flexibility index (Phi) is 9.08. The minimum absolute atomic E-state index is 0.0453. The number of ketones is 2. The molecule has 0 bridgehead atoms. The zero-order valence-corrected chi connectivity index (χ0v) is 19.0. The molecule has 1 aliphatic rings. The van der Waals surface area contributed by atoms with Crippen LogP contribution in [0.4, 0.5) is 0 Å². The van der Waals surface area contributed by atoms with Crippen LogP contribution < -0.4 is 9.47 Å². The van der Waals surface area contributed by atoms with Gasteiger partial charge >= 0.3 is 0 Å². The molecule has 0 aliphatic heterocycles. The summed E-state index contributed by atoms with van der Waals surface area (Å²) in [5.74, 6) is -1.04. The molecule has 1 aromatic rings. The summed E-state index contributed by atoms with van der Waals surface area (Å²) in [7, 11) is -1.10. The number of sulfone groups is 1. The van der Waals surface area contributed by atoms with Crippen LogP contribution in [-0.2, 0) is 9.84 Å². The van der Waals surface area contributed by atoms with Crippen molar-refractivity contribution in [2.24, 2.45) is 0 Å². The number of hydrogen-bond donors (Lipinski definition) is 0. The Hall–Kier alpha value is -2.15. The summed E-state index contributed by atoms with van der Waals surface area (Å²) in [5, 5.41) is 0. The number of benzene rings is 1. The largest absolute Gasteiger partial charge is 0.496 e. The summed E-state index contributed by atoms with van der Waals surface area (Å²) in [6, 6.07) is 3.03. The Morgan fingerprint density at radius 3 is 1.80 bits per heavy atom. The molecule has 0 spiro atoms. The lowest BCUT2D eigenvalue weighted by Gasteiger charge is -2.20. The molecule has 0 amide bonds. The van der Waals surface area contributed by atoms with Gasteiger partial charge in [-0.15, -0.1) is 0 Å². The second kappa shape index (κ2) is 11.3. The van der Waals surface area contributed by atoms with E-state index in [1.165, 1.54) is 58.5 Å². The molecule has 0 fully saturated rings. The predicted molar refractivity (Wildman–Crippen MR) is 117 cm³/mol. The predicted octanol–water partition coefficient (Wildman–Crippen LogP) is 4.91. The number of carbonyl (C=O) groups is 2. The lowest BCUT2D eigenvalue weighted by molar-refractivity contribution is 0.0985. The van der Waals surface area contributed by atoms with E-state index in [0.717, 1.165) is 25.3 Å². The second-order valence-corrected chi connectivity index (χ2v) is 9.65. The molecule has 0 N–H and O–H groups in total. The average molecular weight is 437 g/mol. The molecule has 2 rings (SSSR count). The maximum Gasteiger partial charge on any atom is 0.209 e. The van der Waals surface area contributed by atoms with Crippen LogP contribution in [0.2, 0.25) is 0 Å². The van der Waals surface area contributed by atoms with Gasteiger partial charge in [-0.25, -0.2) is 8.42 Å². The number of fused-ring (bicyclic) bond motifs is 1. The van der Waals surface area contributed by atoms with Crippen molar-refractivity contribution >= 4 is 21.4 Å². The Balaban J connectivity index is 2.03. The highest BCUT2D eigenvalue weighted by molar-refractivity contribution is 7.96. The molecule has 0 radical (unpaired) electrons. The van der Waals surface area contributed by atoms with Crippen LogP contribution in [0.25, 0.3) is 0 Å².